The van der Waals surface area contributed by atoms with E-state index >= 15 is 0 Å². The van der Waals surface area contributed by atoms with E-state index in [4.69, 9.17) is 0 Å². The molecule has 0 amide bonds. The molecule has 4 rings (SSSR count). The molecule has 1 N–H and O–H groups in total. The molecule has 0 aromatic carbocycles. The van der Waals surface area contributed by atoms with Gasteiger partial charge in [0.2, 0.25) is 11.1 Å². The predicted octanol–water partition coefficient (Wildman–Crippen LogP) is 3.72. The minimum atomic E-state index is -0.139. The molecule has 2 aromatic heterocycles. The molecule has 0 bridgehead atoms. The van der Waals surface area contributed by atoms with Gasteiger partial charge in [0.05, 0.1) is 0 Å². The molecule has 1 aliphatic carbocycles. The fourth-order valence-corrected chi connectivity index (χ4v) is 4.66. The third-order valence-electron chi connectivity index (χ3n) is 4.19. The number of allylic oxidation sites excluding steroid dienone is 2. The maximum absolute atomic E-state index is 12.7. The quantitative estimate of drug-likeness (QED) is 0.858. The van der Waals surface area contributed by atoms with Crippen LogP contribution in [0.15, 0.2) is 33.9 Å². The monoisotopic (exact) mass is 346 g/mol. The average Bonchev–Trinajstić information content (AvgIpc) is 3.13. The number of ketones is 1. The molecule has 7 heteroatoms. The molecule has 5 nitrogen and oxygen atoms in total. The van der Waals surface area contributed by atoms with Crippen LogP contribution in [0.3, 0.4) is 0 Å². The zero-order valence-electron chi connectivity index (χ0n) is 13.1. The lowest BCUT2D eigenvalue weighted by atomic mass is 9.83. The van der Waals surface area contributed by atoms with Gasteiger partial charge < -0.3 is 5.32 Å². The first kappa shape index (κ1) is 15.0. The summed E-state index contributed by atoms with van der Waals surface area (Å²) in [5.41, 5.74) is 1.90. The Bertz CT molecular complexity index is 778. The molecule has 2 aromatic rings. The Morgan fingerprint density at radius 3 is 3.09 bits per heavy atom. The smallest absolute Gasteiger partial charge is 0.227 e. The maximum Gasteiger partial charge on any atom is 0.227 e. The van der Waals surface area contributed by atoms with E-state index in [0.717, 1.165) is 39.4 Å². The number of hydrogen-bond acceptors (Lipinski definition) is 6. The number of carbonyl (C=O) groups excluding carboxylic acids is 1. The van der Waals surface area contributed by atoms with Gasteiger partial charge in [0.15, 0.2) is 5.78 Å². The summed E-state index contributed by atoms with van der Waals surface area (Å²) in [6, 6.07) is 3.96. The Morgan fingerprint density at radius 2 is 2.35 bits per heavy atom. The Labute approximate surface area is 143 Å². The number of Topliss-reactive ketones (excluding diaryl/α,β-unsaturated/α-hetero) is 1. The van der Waals surface area contributed by atoms with Gasteiger partial charge in [-0.15, -0.1) is 16.4 Å². The molecule has 0 radical (unpaired) electrons. The number of rotatable bonds is 3. The molecule has 0 unspecified atom stereocenters. The van der Waals surface area contributed by atoms with Crippen LogP contribution in [0.4, 0.5) is 5.95 Å². The highest BCUT2D eigenvalue weighted by Gasteiger charge is 2.38. The number of fused-ring (bicyclic) bond motifs is 1. The lowest BCUT2D eigenvalue weighted by Gasteiger charge is -2.33. The third kappa shape index (κ3) is 2.52. The van der Waals surface area contributed by atoms with Crippen molar-refractivity contribution in [2.24, 2.45) is 5.92 Å². The highest BCUT2D eigenvalue weighted by molar-refractivity contribution is 7.99. The van der Waals surface area contributed by atoms with Gasteiger partial charge in [0, 0.05) is 22.6 Å². The standard InChI is InChI=1S/C16H18N4OS2/c1-3-22-16-18-15-17-10-7-9(2)8-11(21)13(10)14(20(15)19-16)12-5-4-6-23-12/h4-6,9,14H,3,7-8H2,1-2H3,(H,17,18,19)/t9-,14+/m0/s1. The van der Waals surface area contributed by atoms with Crippen molar-refractivity contribution in [2.45, 2.75) is 37.9 Å². The molecular weight excluding hydrogens is 328 g/mol. The van der Waals surface area contributed by atoms with E-state index < -0.39 is 0 Å². The second-order valence-electron chi connectivity index (χ2n) is 5.97. The molecule has 0 saturated carbocycles. The summed E-state index contributed by atoms with van der Waals surface area (Å²) in [7, 11) is 0. The van der Waals surface area contributed by atoms with Crippen molar-refractivity contribution in [3.05, 3.63) is 33.7 Å². The van der Waals surface area contributed by atoms with Gasteiger partial charge in [-0.05, 0) is 29.5 Å². The van der Waals surface area contributed by atoms with Crippen molar-refractivity contribution in [1.82, 2.24) is 14.8 Å². The summed E-state index contributed by atoms with van der Waals surface area (Å²) in [5, 5.41) is 10.8. The van der Waals surface area contributed by atoms with E-state index in [0.29, 0.717) is 12.3 Å². The van der Waals surface area contributed by atoms with E-state index in [1.165, 1.54) is 0 Å². The first-order valence-corrected chi connectivity index (χ1v) is 9.70. The van der Waals surface area contributed by atoms with Crippen LogP contribution in [0.25, 0.3) is 0 Å². The summed E-state index contributed by atoms with van der Waals surface area (Å²) in [5.74, 6) is 2.28. The predicted molar refractivity (Wildman–Crippen MR) is 92.9 cm³/mol. The molecule has 2 atom stereocenters. The second-order valence-corrected chi connectivity index (χ2v) is 8.18. The Morgan fingerprint density at radius 1 is 1.48 bits per heavy atom. The minimum absolute atomic E-state index is 0.139. The Balaban J connectivity index is 1.86. The fraction of sp³-hybridized carbons (Fsp3) is 0.438. The highest BCUT2D eigenvalue weighted by atomic mass is 32.2. The van der Waals surface area contributed by atoms with Gasteiger partial charge in [-0.25, -0.2) is 4.68 Å². The zero-order chi connectivity index (χ0) is 16.0. The molecule has 0 saturated heterocycles. The minimum Gasteiger partial charge on any atom is -0.328 e. The number of thioether (sulfide) groups is 1. The maximum atomic E-state index is 12.7. The van der Waals surface area contributed by atoms with E-state index in [-0.39, 0.29) is 11.8 Å². The summed E-state index contributed by atoms with van der Waals surface area (Å²) in [6.45, 7) is 4.21. The largest absolute Gasteiger partial charge is 0.328 e. The van der Waals surface area contributed by atoms with Crippen molar-refractivity contribution in [1.29, 1.82) is 0 Å². The van der Waals surface area contributed by atoms with E-state index in [9.17, 15) is 4.79 Å². The van der Waals surface area contributed by atoms with Crippen LogP contribution in [-0.2, 0) is 4.79 Å². The van der Waals surface area contributed by atoms with Crippen LogP contribution < -0.4 is 5.32 Å². The lowest BCUT2D eigenvalue weighted by Crippen LogP contribution is -2.33. The average molecular weight is 346 g/mol. The van der Waals surface area contributed by atoms with Gasteiger partial charge in [0.25, 0.3) is 0 Å². The number of aromatic nitrogens is 3. The SMILES string of the molecule is CCSc1nc2n(n1)[C@H](c1cccs1)C1=C(C[C@H](C)CC1=O)N2. The van der Waals surface area contributed by atoms with Gasteiger partial charge in [-0.2, -0.15) is 4.98 Å². The van der Waals surface area contributed by atoms with E-state index in [1.807, 2.05) is 16.1 Å². The van der Waals surface area contributed by atoms with Crippen molar-refractivity contribution in [3.63, 3.8) is 0 Å². The molecule has 0 fully saturated rings. The zero-order valence-corrected chi connectivity index (χ0v) is 14.7. The molecule has 120 valence electrons. The highest BCUT2D eigenvalue weighted by Crippen LogP contribution is 2.42. The van der Waals surface area contributed by atoms with Gasteiger partial charge in [-0.3, -0.25) is 4.79 Å². The van der Waals surface area contributed by atoms with Crippen LogP contribution in [0.5, 0.6) is 0 Å². The Hall–Kier alpha value is -1.60. The third-order valence-corrected chi connectivity index (χ3v) is 5.84. The van der Waals surface area contributed by atoms with Crippen LogP contribution in [0.2, 0.25) is 0 Å². The molecule has 3 heterocycles. The van der Waals surface area contributed by atoms with Crippen molar-refractivity contribution in [2.75, 3.05) is 11.1 Å². The summed E-state index contributed by atoms with van der Waals surface area (Å²) in [4.78, 5) is 18.5. The van der Waals surface area contributed by atoms with E-state index in [2.05, 4.69) is 35.3 Å². The van der Waals surface area contributed by atoms with Crippen LogP contribution in [0.1, 0.15) is 37.6 Å². The number of anilines is 1. The Kier molecular flexibility index (Phi) is 3.77. The van der Waals surface area contributed by atoms with Crippen molar-refractivity contribution < 1.29 is 4.79 Å². The molecule has 2 aliphatic rings. The van der Waals surface area contributed by atoms with Gasteiger partial charge in [0.1, 0.15) is 6.04 Å². The topological polar surface area (TPSA) is 59.8 Å². The summed E-state index contributed by atoms with van der Waals surface area (Å²) >= 11 is 3.28. The van der Waals surface area contributed by atoms with Crippen molar-refractivity contribution in [3.8, 4) is 0 Å². The van der Waals surface area contributed by atoms with Crippen LogP contribution in [-0.4, -0.2) is 26.3 Å². The van der Waals surface area contributed by atoms with Crippen molar-refractivity contribution >= 4 is 34.8 Å². The number of hydrogen-bond donors (Lipinski definition) is 1. The first-order valence-electron chi connectivity index (χ1n) is 7.83. The molecule has 1 aliphatic heterocycles. The summed E-state index contributed by atoms with van der Waals surface area (Å²) < 4.78 is 1.89. The molecular formula is C16H18N4OS2. The van der Waals surface area contributed by atoms with Gasteiger partial charge >= 0.3 is 0 Å². The van der Waals surface area contributed by atoms with Gasteiger partial charge in [-0.1, -0.05) is 31.7 Å². The number of thiophene rings is 1. The van der Waals surface area contributed by atoms with Crippen LogP contribution in [0, 0.1) is 5.92 Å². The number of nitrogens with one attached hydrogen (secondary N) is 1. The fourth-order valence-electron chi connectivity index (χ4n) is 3.29. The number of nitrogens with zero attached hydrogens (tertiary/aromatic N) is 3. The number of carbonyl (C=O) groups is 1. The summed E-state index contributed by atoms with van der Waals surface area (Å²) in [6.07, 6.45) is 1.51. The second kappa shape index (κ2) is 5.79. The van der Waals surface area contributed by atoms with Crippen LogP contribution >= 0.6 is 23.1 Å². The first-order chi connectivity index (χ1) is 11.2. The molecule has 0 spiro atoms. The normalized spacial score (nSPS) is 23.5. The van der Waals surface area contributed by atoms with E-state index in [1.54, 1.807) is 23.1 Å². The lowest BCUT2D eigenvalue weighted by molar-refractivity contribution is -0.117. The molecule has 23 heavy (non-hydrogen) atoms.